The van der Waals surface area contributed by atoms with Crippen LogP contribution in [0.4, 0.5) is 0 Å². The molecular formula is C13H14O2. The van der Waals surface area contributed by atoms with Gasteiger partial charge in [-0.15, -0.1) is 0 Å². The number of hydrogen-bond acceptors (Lipinski definition) is 2. The van der Waals surface area contributed by atoms with Crippen molar-refractivity contribution in [2.24, 2.45) is 5.92 Å². The number of Topliss-reactive ketones (excluding diaryl/α,β-unsaturated/α-hetero) is 1. The summed E-state index contributed by atoms with van der Waals surface area (Å²) >= 11 is 0. The van der Waals surface area contributed by atoms with Gasteiger partial charge in [-0.05, 0) is 24.0 Å². The number of ether oxygens (including phenoxy) is 1. The van der Waals surface area contributed by atoms with Crippen LogP contribution in [0.1, 0.15) is 23.5 Å². The number of ketones is 1. The Morgan fingerprint density at radius 3 is 2.93 bits per heavy atom. The van der Waals surface area contributed by atoms with Crippen molar-refractivity contribution in [2.45, 2.75) is 18.8 Å². The van der Waals surface area contributed by atoms with Crippen molar-refractivity contribution in [3.05, 3.63) is 35.4 Å². The first-order chi connectivity index (χ1) is 7.36. The topological polar surface area (TPSA) is 26.3 Å². The third-order valence-electron chi connectivity index (χ3n) is 3.53. The van der Waals surface area contributed by atoms with Gasteiger partial charge in [-0.1, -0.05) is 24.3 Å². The molecular weight excluding hydrogens is 188 g/mol. The Morgan fingerprint density at radius 1 is 1.33 bits per heavy atom. The average Bonchev–Trinajstić information content (AvgIpc) is 2.72. The largest absolute Gasteiger partial charge is 0.381 e. The molecule has 1 saturated heterocycles. The highest BCUT2D eigenvalue weighted by atomic mass is 16.5. The van der Waals surface area contributed by atoms with Crippen LogP contribution in [0.5, 0.6) is 0 Å². The number of fused-ring (bicyclic) bond motifs is 1. The van der Waals surface area contributed by atoms with E-state index in [1.165, 1.54) is 11.1 Å². The van der Waals surface area contributed by atoms with Gasteiger partial charge in [0.05, 0.1) is 6.61 Å². The van der Waals surface area contributed by atoms with Crippen molar-refractivity contribution in [1.82, 2.24) is 0 Å². The maximum Gasteiger partial charge on any atom is 0.146 e. The van der Waals surface area contributed by atoms with Crippen LogP contribution in [0.2, 0.25) is 0 Å². The van der Waals surface area contributed by atoms with Crippen LogP contribution in [0.3, 0.4) is 0 Å². The normalized spacial score (nSPS) is 28.3. The van der Waals surface area contributed by atoms with Gasteiger partial charge in [0.25, 0.3) is 0 Å². The van der Waals surface area contributed by atoms with Gasteiger partial charge in [0.1, 0.15) is 5.78 Å². The van der Waals surface area contributed by atoms with E-state index in [0.717, 1.165) is 19.4 Å². The van der Waals surface area contributed by atoms with E-state index in [4.69, 9.17) is 4.74 Å². The molecule has 1 aliphatic carbocycles. The Bertz CT molecular complexity index is 391. The van der Waals surface area contributed by atoms with Crippen LogP contribution in [-0.2, 0) is 16.0 Å². The molecule has 78 valence electrons. The summed E-state index contributed by atoms with van der Waals surface area (Å²) in [7, 11) is 0. The van der Waals surface area contributed by atoms with E-state index in [1.807, 2.05) is 12.1 Å². The van der Waals surface area contributed by atoms with Gasteiger partial charge in [0.15, 0.2) is 0 Å². The van der Waals surface area contributed by atoms with Crippen molar-refractivity contribution >= 4 is 5.78 Å². The van der Waals surface area contributed by atoms with Gasteiger partial charge in [0, 0.05) is 18.4 Å². The zero-order valence-electron chi connectivity index (χ0n) is 8.61. The van der Waals surface area contributed by atoms with Gasteiger partial charge >= 0.3 is 0 Å². The smallest absolute Gasteiger partial charge is 0.146 e. The zero-order valence-corrected chi connectivity index (χ0v) is 8.61. The van der Waals surface area contributed by atoms with Crippen molar-refractivity contribution in [3.63, 3.8) is 0 Å². The van der Waals surface area contributed by atoms with Crippen molar-refractivity contribution in [1.29, 1.82) is 0 Å². The maximum atomic E-state index is 12.1. The van der Waals surface area contributed by atoms with Crippen LogP contribution in [0, 0.1) is 5.92 Å². The fourth-order valence-electron chi connectivity index (χ4n) is 2.56. The van der Waals surface area contributed by atoms with E-state index < -0.39 is 0 Å². The Kier molecular flexibility index (Phi) is 2.10. The minimum atomic E-state index is 0.156. The Labute approximate surface area is 89.2 Å². The standard InChI is InChI=1S/C13H14O2/c14-13(10-5-6-15-8-10)12-7-9-3-1-2-4-11(9)12/h1-4,10,12H,5-8H2. The van der Waals surface area contributed by atoms with Crippen molar-refractivity contribution < 1.29 is 9.53 Å². The van der Waals surface area contributed by atoms with E-state index in [2.05, 4.69) is 12.1 Å². The van der Waals surface area contributed by atoms with Crippen LogP contribution in [-0.4, -0.2) is 19.0 Å². The average molecular weight is 202 g/mol. The molecule has 3 rings (SSSR count). The van der Waals surface area contributed by atoms with Gasteiger partial charge in [-0.3, -0.25) is 4.79 Å². The predicted molar refractivity (Wildman–Crippen MR) is 56.8 cm³/mol. The third kappa shape index (κ3) is 1.40. The number of carbonyl (C=O) groups is 1. The molecule has 0 saturated carbocycles. The number of carbonyl (C=O) groups excluding carboxylic acids is 1. The molecule has 2 nitrogen and oxygen atoms in total. The molecule has 0 aromatic heterocycles. The number of benzene rings is 1. The Morgan fingerprint density at radius 2 is 2.20 bits per heavy atom. The molecule has 15 heavy (non-hydrogen) atoms. The molecule has 2 unspecified atom stereocenters. The third-order valence-corrected chi connectivity index (χ3v) is 3.53. The summed E-state index contributed by atoms with van der Waals surface area (Å²) in [4.78, 5) is 12.1. The molecule has 0 amide bonds. The molecule has 0 spiro atoms. The minimum absolute atomic E-state index is 0.156. The summed E-state index contributed by atoms with van der Waals surface area (Å²) in [5, 5.41) is 0. The van der Waals surface area contributed by atoms with Crippen molar-refractivity contribution in [3.8, 4) is 0 Å². The van der Waals surface area contributed by atoms with Crippen LogP contribution in [0.15, 0.2) is 24.3 Å². The summed E-state index contributed by atoms with van der Waals surface area (Å²) in [6, 6.07) is 8.25. The second-order valence-electron chi connectivity index (χ2n) is 4.42. The summed E-state index contributed by atoms with van der Waals surface area (Å²) in [5.74, 6) is 0.711. The predicted octanol–water partition coefficient (Wildman–Crippen LogP) is 1.93. The van der Waals surface area contributed by atoms with Crippen LogP contribution in [0.25, 0.3) is 0 Å². The molecule has 1 fully saturated rings. The SMILES string of the molecule is O=C(C1CCOC1)C1Cc2ccccc21. The molecule has 1 aromatic rings. The first-order valence-electron chi connectivity index (χ1n) is 5.55. The lowest BCUT2D eigenvalue weighted by Crippen LogP contribution is -2.30. The van der Waals surface area contributed by atoms with Crippen LogP contribution >= 0.6 is 0 Å². The zero-order chi connectivity index (χ0) is 10.3. The van der Waals surface area contributed by atoms with E-state index in [1.54, 1.807) is 0 Å². The van der Waals surface area contributed by atoms with E-state index in [-0.39, 0.29) is 11.8 Å². The highest BCUT2D eigenvalue weighted by Gasteiger charge is 2.36. The number of hydrogen-bond donors (Lipinski definition) is 0. The van der Waals surface area contributed by atoms with Gasteiger partial charge in [-0.2, -0.15) is 0 Å². The summed E-state index contributed by atoms with van der Waals surface area (Å²) in [6.45, 7) is 1.39. The molecule has 1 aromatic carbocycles. The van der Waals surface area contributed by atoms with Gasteiger partial charge in [-0.25, -0.2) is 0 Å². The van der Waals surface area contributed by atoms with Gasteiger partial charge in [0.2, 0.25) is 0 Å². The maximum absolute atomic E-state index is 12.1. The summed E-state index contributed by atoms with van der Waals surface area (Å²) < 4.78 is 5.26. The summed E-state index contributed by atoms with van der Waals surface area (Å²) in [5.41, 5.74) is 2.59. The molecule has 0 radical (unpaired) electrons. The van der Waals surface area contributed by atoms with E-state index in [9.17, 15) is 4.79 Å². The lowest BCUT2D eigenvalue weighted by molar-refractivity contribution is -0.124. The molecule has 2 heteroatoms. The summed E-state index contributed by atoms with van der Waals surface area (Å²) in [6.07, 6.45) is 1.85. The fraction of sp³-hybridized carbons (Fsp3) is 0.462. The molecule has 2 atom stereocenters. The second-order valence-corrected chi connectivity index (χ2v) is 4.42. The van der Waals surface area contributed by atoms with Gasteiger partial charge < -0.3 is 4.74 Å². The quantitative estimate of drug-likeness (QED) is 0.732. The first kappa shape index (κ1) is 9.10. The monoisotopic (exact) mass is 202 g/mol. The Hall–Kier alpha value is -1.15. The molecule has 1 heterocycles. The van der Waals surface area contributed by atoms with Crippen molar-refractivity contribution in [2.75, 3.05) is 13.2 Å². The second kappa shape index (κ2) is 3.46. The van der Waals surface area contributed by atoms with E-state index >= 15 is 0 Å². The number of rotatable bonds is 2. The minimum Gasteiger partial charge on any atom is -0.381 e. The lowest BCUT2D eigenvalue weighted by atomic mass is 9.72. The molecule has 0 bridgehead atoms. The highest BCUT2D eigenvalue weighted by molar-refractivity contribution is 5.90. The van der Waals surface area contributed by atoms with E-state index in [0.29, 0.717) is 12.4 Å². The molecule has 2 aliphatic rings. The lowest BCUT2D eigenvalue weighted by Gasteiger charge is -2.30. The fourth-order valence-corrected chi connectivity index (χ4v) is 2.56. The first-order valence-corrected chi connectivity index (χ1v) is 5.55. The molecule has 0 N–H and O–H groups in total. The van der Waals surface area contributed by atoms with Crippen LogP contribution < -0.4 is 0 Å². The Balaban J connectivity index is 1.78. The molecule has 1 aliphatic heterocycles. The highest BCUT2D eigenvalue weighted by Crippen LogP contribution is 2.38.